The van der Waals surface area contributed by atoms with Gasteiger partial charge in [-0.15, -0.1) is 0 Å². The largest absolute Gasteiger partial charge is 0.492 e. The van der Waals surface area contributed by atoms with Crippen LogP contribution in [-0.4, -0.2) is 47.7 Å². The summed E-state index contributed by atoms with van der Waals surface area (Å²) in [4.78, 5) is 4.18. The number of anilines is 1. The van der Waals surface area contributed by atoms with E-state index in [2.05, 4.69) is 15.1 Å². The molecule has 144 valence electrons. The summed E-state index contributed by atoms with van der Waals surface area (Å²) >= 11 is 5.54. The number of thiocarbonyl (C=S) groups is 1. The van der Waals surface area contributed by atoms with Gasteiger partial charge in [-0.05, 0) is 37.3 Å². The van der Waals surface area contributed by atoms with E-state index in [0.29, 0.717) is 23.8 Å². The molecule has 0 aromatic heterocycles. The van der Waals surface area contributed by atoms with Crippen LogP contribution in [0.15, 0.2) is 42.5 Å². The van der Waals surface area contributed by atoms with Crippen molar-refractivity contribution < 1.29 is 13.5 Å². The number of rotatable bonds is 5. The summed E-state index contributed by atoms with van der Waals surface area (Å²) < 4.78 is 32.8. The summed E-state index contributed by atoms with van der Waals surface area (Å²) in [6.07, 6.45) is 0. The molecule has 1 N–H and O–H groups in total. The molecular weight excluding hydrogens is 368 g/mol. The van der Waals surface area contributed by atoms with Crippen LogP contribution >= 0.6 is 12.2 Å². The molecule has 0 spiro atoms. The molecule has 4 nitrogen and oxygen atoms in total. The SMILES string of the molecule is CCOc1ccccc1NC(=S)N1CCN(Cc2cccc(F)c2F)CC1. The van der Waals surface area contributed by atoms with Crippen molar-refractivity contribution in [3.8, 4) is 5.75 Å². The predicted octanol–water partition coefficient (Wildman–Crippen LogP) is 3.88. The zero-order chi connectivity index (χ0) is 19.2. The average Bonchev–Trinajstić information content (AvgIpc) is 2.68. The monoisotopic (exact) mass is 391 g/mol. The van der Waals surface area contributed by atoms with Crippen molar-refractivity contribution in [2.75, 3.05) is 38.1 Å². The van der Waals surface area contributed by atoms with Crippen LogP contribution < -0.4 is 10.1 Å². The highest BCUT2D eigenvalue weighted by Gasteiger charge is 2.21. The number of nitrogens with zero attached hydrogens (tertiary/aromatic N) is 2. The Morgan fingerprint density at radius 1 is 1.07 bits per heavy atom. The van der Waals surface area contributed by atoms with Gasteiger partial charge in [0.05, 0.1) is 12.3 Å². The Bertz CT molecular complexity index is 795. The van der Waals surface area contributed by atoms with E-state index in [9.17, 15) is 8.78 Å². The first-order valence-corrected chi connectivity index (χ1v) is 9.42. The van der Waals surface area contributed by atoms with Gasteiger partial charge in [0.15, 0.2) is 16.7 Å². The Hall–Kier alpha value is -2.25. The van der Waals surface area contributed by atoms with Crippen LogP contribution in [0.5, 0.6) is 5.75 Å². The Morgan fingerprint density at radius 2 is 1.81 bits per heavy atom. The maximum absolute atomic E-state index is 13.8. The van der Waals surface area contributed by atoms with Crippen molar-refractivity contribution in [3.05, 3.63) is 59.7 Å². The first kappa shape index (κ1) is 19.5. The molecule has 1 fully saturated rings. The Labute approximate surface area is 163 Å². The van der Waals surface area contributed by atoms with Gasteiger partial charge in [-0.3, -0.25) is 4.90 Å². The quantitative estimate of drug-likeness (QED) is 0.781. The number of para-hydroxylation sites is 2. The zero-order valence-corrected chi connectivity index (χ0v) is 16.1. The molecule has 2 aromatic carbocycles. The second kappa shape index (κ2) is 9.10. The fraction of sp³-hybridized carbons (Fsp3) is 0.350. The maximum atomic E-state index is 13.8. The van der Waals surface area contributed by atoms with Crippen LogP contribution in [0.25, 0.3) is 0 Å². The van der Waals surface area contributed by atoms with Crippen LogP contribution in [-0.2, 0) is 6.54 Å². The third kappa shape index (κ3) is 4.93. The van der Waals surface area contributed by atoms with E-state index in [-0.39, 0.29) is 0 Å². The van der Waals surface area contributed by atoms with E-state index in [1.165, 1.54) is 0 Å². The van der Waals surface area contributed by atoms with E-state index in [1.54, 1.807) is 12.1 Å². The van der Waals surface area contributed by atoms with Gasteiger partial charge in [0.2, 0.25) is 0 Å². The van der Waals surface area contributed by atoms with Gasteiger partial charge < -0.3 is 15.0 Å². The summed E-state index contributed by atoms with van der Waals surface area (Å²) in [7, 11) is 0. The van der Waals surface area contributed by atoms with Crippen molar-refractivity contribution in [1.82, 2.24) is 9.80 Å². The molecule has 0 unspecified atom stereocenters. The van der Waals surface area contributed by atoms with E-state index in [0.717, 1.165) is 43.7 Å². The average molecular weight is 391 g/mol. The van der Waals surface area contributed by atoms with Crippen LogP contribution in [0.2, 0.25) is 0 Å². The van der Waals surface area contributed by atoms with Gasteiger partial charge in [0, 0.05) is 38.3 Å². The van der Waals surface area contributed by atoms with Crippen LogP contribution in [0, 0.1) is 11.6 Å². The predicted molar refractivity (Wildman–Crippen MR) is 107 cm³/mol. The fourth-order valence-corrected chi connectivity index (χ4v) is 3.36. The third-order valence-corrected chi connectivity index (χ3v) is 4.87. The lowest BCUT2D eigenvalue weighted by Gasteiger charge is -2.36. The molecule has 1 aliphatic rings. The molecule has 1 aliphatic heterocycles. The number of piperazine rings is 1. The van der Waals surface area contributed by atoms with Gasteiger partial charge in [0.1, 0.15) is 5.75 Å². The van der Waals surface area contributed by atoms with Gasteiger partial charge in [0.25, 0.3) is 0 Å². The molecule has 7 heteroatoms. The van der Waals surface area contributed by atoms with E-state index < -0.39 is 11.6 Å². The molecule has 2 aromatic rings. The molecule has 0 amide bonds. The van der Waals surface area contributed by atoms with Crippen LogP contribution in [0.4, 0.5) is 14.5 Å². The molecule has 0 bridgehead atoms. The van der Waals surface area contributed by atoms with Gasteiger partial charge in [-0.1, -0.05) is 24.3 Å². The molecule has 0 aliphatic carbocycles. The van der Waals surface area contributed by atoms with Crippen LogP contribution in [0.1, 0.15) is 12.5 Å². The molecule has 1 heterocycles. The minimum Gasteiger partial charge on any atom is -0.492 e. The summed E-state index contributed by atoms with van der Waals surface area (Å²) in [6.45, 7) is 5.82. The second-order valence-electron chi connectivity index (χ2n) is 6.34. The highest BCUT2D eigenvalue weighted by atomic mass is 32.1. The Morgan fingerprint density at radius 3 is 2.56 bits per heavy atom. The van der Waals surface area contributed by atoms with E-state index >= 15 is 0 Å². The topological polar surface area (TPSA) is 27.7 Å². The molecule has 0 atom stereocenters. The third-order valence-electron chi connectivity index (χ3n) is 4.51. The lowest BCUT2D eigenvalue weighted by molar-refractivity contribution is 0.175. The highest BCUT2D eigenvalue weighted by molar-refractivity contribution is 7.80. The van der Waals surface area contributed by atoms with Crippen molar-refractivity contribution in [2.45, 2.75) is 13.5 Å². The van der Waals surface area contributed by atoms with Crippen molar-refractivity contribution in [3.63, 3.8) is 0 Å². The van der Waals surface area contributed by atoms with Crippen molar-refractivity contribution in [2.24, 2.45) is 0 Å². The minimum atomic E-state index is -0.801. The Kier molecular flexibility index (Phi) is 6.58. The summed E-state index contributed by atoms with van der Waals surface area (Å²) in [6, 6.07) is 12.0. The smallest absolute Gasteiger partial charge is 0.173 e. The van der Waals surface area contributed by atoms with Crippen molar-refractivity contribution in [1.29, 1.82) is 0 Å². The first-order valence-electron chi connectivity index (χ1n) is 9.01. The molecule has 1 saturated heterocycles. The highest BCUT2D eigenvalue weighted by Crippen LogP contribution is 2.24. The zero-order valence-electron chi connectivity index (χ0n) is 15.3. The number of benzene rings is 2. The standard InChI is InChI=1S/C20H23F2N3OS/c1-2-26-18-9-4-3-8-17(18)23-20(27)25-12-10-24(11-13-25)14-15-6-5-7-16(21)19(15)22/h3-9H,2,10-14H2,1H3,(H,23,27). The number of nitrogens with one attached hydrogen (secondary N) is 1. The lowest BCUT2D eigenvalue weighted by Crippen LogP contribution is -2.49. The molecular formula is C20H23F2N3OS. The van der Waals surface area contributed by atoms with E-state index in [1.807, 2.05) is 31.2 Å². The maximum Gasteiger partial charge on any atom is 0.173 e. The fourth-order valence-electron chi connectivity index (χ4n) is 3.07. The van der Waals surface area contributed by atoms with Crippen LogP contribution in [0.3, 0.4) is 0 Å². The second-order valence-corrected chi connectivity index (χ2v) is 6.72. The molecule has 27 heavy (non-hydrogen) atoms. The summed E-state index contributed by atoms with van der Waals surface area (Å²) in [5.74, 6) is -0.795. The van der Waals surface area contributed by atoms with Gasteiger partial charge in [-0.25, -0.2) is 8.78 Å². The minimum absolute atomic E-state index is 0.384. The summed E-state index contributed by atoms with van der Waals surface area (Å²) in [5.41, 5.74) is 1.23. The Balaban J connectivity index is 1.54. The van der Waals surface area contributed by atoms with Crippen molar-refractivity contribution >= 4 is 23.0 Å². The van der Waals surface area contributed by atoms with Gasteiger partial charge in [-0.2, -0.15) is 0 Å². The molecule has 3 rings (SSSR count). The number of hydrogen-bond acceptors (Lipinski definition) is 3. The number of hydrogen-bond donors (Lipinski definition) is 1. The normalized spacial score (nSPS) is 14.9. The lowest BCUT2D eigenvalue weighted by atomic mass is 10.2. The molecule has 0 radical (unpaired) electrons. The summed E-state index contributed by atoms with van der Waals surface area (Å²) in [5, 5.41) is 3.89. The molecule has 0 saturated carbocycles. The van der Waals surface area contributed by atoms with E-state index in [4.69, 9.17) is 17.0 Å². The first-order chi connectivity index (χ1) is 13.1. The number of ether oxygens (including phenoxy) is 1. The number of halogens is 2. The van der Waals surface area contributed by atoms with Gasteiger partial charge >= 0.3 is 0 Å².